The summed E-state index contributed by atoms with van der Waals surface area (Å²) in [6.45, 7) is 0. The molecule has 28 heavy (non-hydrogen) atoms. The number of rotatable bonds is 6. The van der Waals surface area contributed by atoms with Crippen molar-refractivity contribution in [1.29, 1.82) is 0 Å². The maximum atomic E-state index is 12.5. The van der Waals surface area contributed by atoms with Crippen LogP contribution in [0.2, 0.25) is 0 Å². The zero-order valence-corrected chi connectivity index (χ0v) is 16.8. The third-order valence-electron chi connectivity index (χ3n) is 6.48. The van der Waals surface area contributed by atoms with Gasteiger partial charge in [-0.2, -0.15) is 5.10 Å². The lowest BCUT2D eigenvalue weighted by molar-refractivity contribution is -0.0135. The highest BCUT2D eigenvalue weighted by Gasteiger charge is 2.51. The highest BCUT2D eigenvalue weighted by molar-refractivity contribution is 5.84. The van der Waals surface area contributed by atoms with Crippen LogP contribution in [0.3, 0.4) is 0 Å². The third-order valence-corrected chi connectivity index (χ3v) is 6.48. The monoisotopic (exact) mass is 387 g/mol. The molecule has 1 aromatic rings. The molecular weight excluding hydrogens is 358 g/mol. The quantitative estimate of drug-likeness (QED) is 0.580. The first kappa shape index (κ1) is 18.9. The molecule has 0 radical (unpaired) electrons. The highest BCUT2D eigenvalue weighted by Crippen LogP contribution is 2.55. The van der Waals surface area contributed by atoms with Crippen LogP contribution in [0, 0.1) is 17.8 Å². The molecule has 4 bridgehead atoms. The van der Waals surface area contributed by atoms with E-state index in [2.05, 4.69) is 15.8 Å². The van der Waals surface area contributed by atoms with Gasteiger partial charge in [-0.15, -0.1) is 0 Å². The summed E-state index contributed by atoms with van der Waals surface area (Å²) in [4.78, 5) is 12.5. The van der Waals surface area contributed by atoms with Gasteiger partial charge in [0, 0.05) is 11.1 Å². The number of methoxy groups -OCH3 is 3. The number of nitrogens with zero attached hydrogens (tertiary/aromatic N) is 1. The molecule has 4 fully saturated rings. The molecule has 4 aliphatic carbocycles. The molecule has 4 saturated carbocycles. The summed E-state index contributed by atoms with van der Waals surface area (Å²) in [5.41, 5.74) is 3.33. The second-order valence-corrected chi connectivity index (χ2v) is 8.48. The average Bonchev–Trinajstić information content (AvgIpc) is 2.65. The fourth-order valence-electron chi connectivity index (χ4n) is 5.87. The van der Waals surface area contributed by atoms with E-state index >= 15 is 0 Å². The van der Waals surface area contributed by atoms with Gasteiger partial charge in [-0.3, -0.25) is 0 Å². The Kier molecular flexibility index (Phi) is 5.08. The summed E-state index contributed by atoms with van der Waals surface area (Å²) in [6, 6.07) is 3.33. The van der Waals surface area contributed by atoms with Gasteiger partial charge in [-0.25, -0.2) is 10.2 Å². The third kappa shape index (κ3) is 3.62. The molecule has 152 valence electrons. The molecule has 2 N–H and O–H groups in total. The fourth-order valence-corrected chi connectivity index (χ4v) is 5.87. The number of hydrogen-bond donors (Lipinski definition) is 2. The van der Waals surface area contributed by atoms with Crippen LogP contribution in [-0.4, -0.2) is 39.1 Å². The maximum Gasteiger partial charge on any atom is 0.335 e. The van der Waals surface area contributed by atoms with E-state index in [-0.39, 0.29) is 11.6 Å². The van der Waals surface area contributed by atoms with Crippen LogP contribution in [0.5, 0.6) is 17.2 Å². The fraction of sp³-hybridized carbons (Fsp3) is 0.619. The number of carbonyl (C=O) groups is 1. The molecule has 0 heterocycles. The Labute approximate surface area is 165 Å². The number of carbonyl (C=O) groups excluding carboxylic acids is 1. The second-order valence-electron chi connectivity index (χ2n) is 8.48. The predicted octanol–water partition coefficient (Wildman–Crippen LogP) is 3.31. The summed E-state index contributed by atoms with van der Waals surface area (Å²) in [6.07, 6.45) is 8.96. The normalized spacial score (nSPS) is 30.3. The Morgan fingerprint density at radius 1 is 1.00 bits per heavy atom. The zero-order valence-electron chi connectivity index (χ0n) is 16.8. The van der Waals surface area contributed by atoms with Crippen LogP contribution < -0.4 is 25.0 Å². The minimum absolute atomic E-state index is 0.0269. The van der Waals surface area contributed by atoms with E-state index in [4.69, 9.17) is 14.2 Å². The average molecular weight is 387 g/mol. The molecule has 0 unspecified atom stereocenters. The molecule has 7 nitrogen and oxygen atoms in total. The van der Waals surface area contributed by atoms with Crippen molar-refractivity contribution in [2.24, 2.45) is 22.9 Å². The number of ether oxygens (including phenoxy) is 3. The lowest BCUT2D eigenvalue weighted by atomic mass is 9.53. The molecule has 0 saturated heterocycles. The van der Waals surface area contributed by atoms with Crippen molar-refractivity contribution in [2.75, 3.05) is 21.3 Å². The van der Waals surface area contributed by atoms with Gasteiger partial charge in [-0.1, -0.05) is 0 Å². The van der Waals surface area contributed by atoms with E-state index < -0.39 is 0 Å². The summed E-state index contributed by atoms with van der Waals surface area (Å²) >= 11 is 0. The molecule has 4 aliphatic rings. The summed E-state index contributed by atoms with van der Waals surface area (Å²) < 4.78 is 16.0. The van der Waals surface area contributed by atoms with Crippen LogP contribution in [0.25, 0.3) is 0 Å². The predicted molar refractivity (Wildman–Crippen MR) is 106 cm³/mol. The van der Waals surface area contributed by atoms with Gasteiger partial charge in [-0.05, 0) is 68.4 Å². The molecule has 0 atom stereocenters. The van der Waals surface area contributed by atoms with Crippen molar-refractivity contribution in [3.8, 4) is 17.2 Å². The van der Waals surface area contributed by atoms with E-state index in [0.717, 1.165) is 42.6 Å². The highest BCUT2D eigenvalue weighted by atomic mass is 16.5. The summed E-state index contributed by atoms with van der Waals surface area (Å²) in [7, 11) is 4.69. The first-order valence-corrected chi connectivity index (χ1v) is 9.95. The topological polar surface area (TPSA) is 81.2 Å². The SMILES string of the molecule is COc1cc(C=NNC(=O)NC23CC4CC(CC(C4)C2)C3)cc(OC)c1OC. The molecule has 0 aliphatic heterocycles. The van der Waals surface area contributed by atoms with Crippen molar-refractivity contribution in [2.45, 2.75) is 44.1 Å². The van der Waals surface area contributed by atoms with E-state index in [0.29, 0.717) is 17.2 Å². The van der Waals surface area contributed by atoms with Gasteiger partial charge in [0.15, 0.2) is 11.5 Å². The Morgan fingerprint density at radius 2 is 1.54 bits per heavy atom. The molecular formula is C21H29N3O4. The first-order chi connectivity index (χ1) is 13.5. The largest absolute Gasteiger partial charge is 0.493 e. The molecule has 2 amide bonds. The van der Waals surface area contributed by atoms with E-state index in [1.807, 2.05) is 0 Å². The molecule has 1 aromatic carbocycles. The van der Waals surface area contributed by atoms with Gasteiger partial charge in [0.25, 0.3) is 0 Å². The van der Waals surface area contributed by atoms with Crippen LogP contribution in [0.1, 0.15) is 44.1 Å². The zero-order chi connectivity index (χ0) is 19.7. The van der Waals surface area contributed by atoms with E-state index in [9.17, 15) is 4.79 Å². The van der Waals surface area contributed by atoms with Crippen LogP contribution in [-0.2, 0) is 0 Å². The molecule has 5 rings (SSSR count). The van der Waals surface area contributed by atoms with Gasteiger partial charge < -0.3 is 19.5 Å². The number of hydrogen-bond acceptors (Lipinski definition) is 5. The minimum atomic E-state index is -0.231. The molecule has 0 spiro atoms. The standard InChI is InChI=1S/C21H29N3O4/c1-26-17-7-16(8-18(27-2)19(17)28-3)12-22-24-20(25)23-21-9-13-4-14(10-21)6-15(5-13)11-21/h7-8,12-15H,4-6,9-11H2,1-3H3,(H2,23,24,25). The van der Waals surface area contributed by atoms with Crippen molar-refractivity contribution in [3.63, 3.8) is 0 Å². The Balaban J connectivity index is 1.39. The number of nitrogens with one attached hydrogen (secondary N) is 2. The number of benzene rings is 1. The lowest BCUT2D eigenvalue weighted by Crippen LogP contribution is -2.61. The van der Waals surface area contributed by atoms with Gasteiger partial charge in [0.05, 0.1) is 27.5 Å². The Morgan fingerprint density at radius 3 is 2.00 bits per heavy atom. The Bertz CT molecular complexity index is 717. The number of hydrazone groups is 1. The van der Waals surface area contributed by atoms with E-state index in [1.165, 1.54) is 19.3 Å². The van der Waals surface area contributed by atoms with Gasteiger partial charge in [0.1, 0.15) is 0 Å². The maximum absolute atomic E-state index is 12.5. The summed E-state index contributed by atoms with van der Waals surface area (Å²) in [5.74, 6) is 3.97. The second kappa shape index (κ2) is 7.53. The number of urea groups is 1. The first-order valence-electron chi connectivity index (χ1n) is 9.95. The van der Waals surface area contributed by atoms with Crippen LogP contribution in [0.15, 0.2) is 17.2 Å². The van der Waals surface area contributed by atoms with Gasteiger partial charge >= 0.3 is 6.03 Å². The van der Waals surface area contributed by atoms with Crippen molar-refractivity contribution in [1.82, 2.24) is 10.7 Å². The summed E-state index contributed by atoms with van der Waals surface area (Å²) in [5, 5.41) is 7.35. The molecule has 7 heteroatoms. The van der Waals surface area contributed by atoms with Gasteiger partial charge in [0.2, 0.25) is 5.75 Å². The van der Waals surface area contributed by atoms with Crippen molar-refractivity contribution >= 4 is 12.2 Å². The van der Waals surface area contributed by atoms with Crippen molar-refractivity contribution < 1.29 is 19.0 Å². The van der Waals surface area contributed by atoms with Crippen LogP contribution >= 0.6 is 0 Å². The van der Waals surface area contributed by atoms with Crippen molar-refractivity contribution in [3.05, 3.63) is 17.7 Å². The van der Waals surface area contributed by atoms with Crippen LogP contribution in [0.4, 0.5) is 4.79 Å². The minimum Gasteiger partial charge on any atom is -0.493 e. The smallest absolute Gasteiger partial charge is 0.335 e. The molecule has 0 aromatic heterocycles. The lowest BCUT2D eigenvalue weighted by Gasteiger charge is -2.56. The Hall–Kier alpha value is -2.44. The number of amides is 2. The van der Waals surface area contributed by atoms with E-state index in [1.54, 1.807) is 39.7 Å².